The summed E-state index contributed by atoms with van der Waals surface area (Å²) in [5.74, 6) is -0.736. The number of hydrogen-bond acceptors (Lipinski definition) is 5. The van der Waals surface area contributed by atoms with Crippen LogP contribution in [-0.4, -0.2) is 35.5 Å². The van der Waals surface area contributed by atoms with Gasteiger partial charge in [0, 0.05) is 0 Å². The molecule has 0 aliphatic heterocycles. The molecular formula is C6H9NO4. The summed E-state index contributed by atoms with van der Waals surface area (Å²) in [6.07, 6.45) is -1.27. The quantitative estimate of drug-likeness (QED) is 0.502. The van der Waals surface area contributed by atoms with Gasteiger partial charge in [-0.25, -0.2) is 0 Å². The molecule has 0 fully saturated rings. The molecule has 0 atom stereocenters. The molecule has 0 aliphatic rings. The third-order valence-electron chi connectivity index (χ3n) is 0.929. The Balaban J connectivity index is 3.64. The summed E-state index contributed by atoms with van der Waals surface area (Å²) in [5.41, 5.74) is 0. The molecular weight excluding hydrogens is 150 g/mol. The summed E-state index contributed by atoms with van der Waals surface area (Å²) in [6, 6.07) is 1.58. The van der Waals surface area contributed by atoms with E-state index in [1.165, 1.54) is 0 Å². The minimum atomic E-state index is -0.907. The second-order valence-electron chi connectivity index (χ2n) is 1.81. The second-order valence-corrected chi connectivity index (χ2v) is 1.81. The number of carbonyl (C=O) groups is 1. The number of aliphatic hydroxyl groups is 2. The van der Waals surface area contributed by atoms with Gasteiger partial charge in [-0.05, 0) is 0 Å². The first kappa shape index (κ1) is 9.88. The van der Waals surface area contributed by atoms with E-state index in [0.717, 1.165) is 0 Å². The first-order chi connectivity index (χ1) is 5.24. The van der Waals surface area contributed by atoms with Crippen LogP contribution < -0.4 is 0 Å². The molecule has 2 N–H and O–H groups in total. The van der Waals surface area contributed by atoms with Crippen molar-refractivity contribution < 1.29 is 19.7 Å². The van der Waals surface area contributed by atoms with Crippen molar-refractivity contribution in [2.24, 2.45) is 0 Å². The molecule has 0 aromatic rings. The predicted octanol–water partition coefficient (Wildman–Crippen LogP) is -1.20. The molecule has 11 heavy (non-hydrogen) atoms. The summed E-state index contributed by atoms with van der Waals surface area (Å²) in [6.45, 7) is -0.874. The number of aliphatic hydroxyl groups excluding tert-OH is 2. The van der Waals surface area contributed by atoms with Crippen molar-refractivity contribution in [2.45, 2.75) is 12.5 Å². The van der Waals surface area contributed by atoms with Crippen LogP contribution in [0.5, 0.6) is 0 Å². The number of nitriles is 1. The Morgan fingerprint density at radius 3 is 2.45 bits per heavy atom. The summed E-state index contributed by atoms with van der Waals surface area (Å²) < 4.78 is 4.43. The highest BCUT2D eigenvalue weighted by Crippen LogP contribution is 1.92. The highest BCUT2D eigenvalue weighted by atomic mass is 16.6. The van der Waals surface area contributed by atoms with Gasteiger partial charge in [-0.3, -0.25) is 4.79 Å². The number of ether oxygens (including phenoxy) is 1. The normalized spacial score (nSPS) is 9.27. The van der Waals surface area contributed by atoms with E-state index < -0.39 is 25.3 Å². The van der Waals surface area contributed by atoms with Crippen molar-refractivity contribution in [3.8, 4) is 6.07 Å². The highest BCUT2D eigenvalue weighted by molar-refractivity contribution is 5.71. The maximum absolute atomic E-state index is 10.5. The number of carbonyl (C=O) groups excluding carboxylic acids is 1. The van der Waals surface area contributed by atoms with Crippen molar-refractivity contribution in [3.63, 3.8) is 0 Å². The van der Waals surface area contributed by atoms with Crippen LogP contribution in [-0.2, 0) is 9.53 Å². The fraction of sp³-hybridized carbons (Fsp3) is 0.667. The van der Waals surface area contributed by atoms with E-state index in [4.69, 9.17) is 15.5 Å². The average molecular weight is 159 g/mol. The zero-order valence-corrected chi connectivity index (χ0v) is 5.86. The van der Waals surface area contributed by atoms with Crippen LogP contribution in [0.4, 0.5) is 0 Å². The van der Waals surface area contributed by atoms with Crippen LogP contribution in [0.15, 0.2) is 0 Å². The molecule has 62 valence electrons. The molecule has 0 unspecified atom stereocenters. The maximum atomic E-state index is 10.5. The number of hydrogen-bond donors (Lipinski definition) is 2. The Bertz CT molecular complexity index is 158. The Kier molecular flexibility index (Phi) is 5.07. The third-order valence-corrected chi connectivity index (χ3v) is 0.929. The molecule has 0 aromatic carbocycles. The Morgan fingerprint density at radius 2 is 2.09 bits per heavy atom. The van der Waals surface area contributed by atoms with Gasteiger partial charge in [0.2, 0.25) is 0 Å². The Hall–Kier alpha value is -1.12. The van der Waals surface area contributed by atoms with Gasteiger partial charge >= 0.3 is 5.97 Å². The monoisotopic (exact) mass is 159 g/mol. The van der Waals surface area contributed by atoms with Crippen LogP contribution in [0.25, 0.3) is 0 Å². The van der Waals surface area contributed by atoms with Crippen molar-refractivity contribution in [1.82, 2.24) is 0 Å². The van der Waals surface area contributed by atoms with Crippen LogP contribution >= 0.6 is 0 Å². The second kappa shape index (κ2) is 5.65. The van der Waals surface area contributed by atoms with Crippen LogP contribution in [0.3, 0.4) is 0 Å². The Morgan fingerprint density at radius 1 is 1.55 bits per heavy atom. The van der Waals surface area contributed by atoms with E-state index in [1.54, 1.807) is 6.07 Å². The zero-order valence-electron chi connectivity index (χ0n) is 5.86. The lowest BCUT2D eigenvalue weighted by Gasteiger charge is -2.10. The molecule has 0 aliphatic carbocycles. The smallest absolute Gasteiger partial charge is 0.320 e. The van der Waals surface area contributed by atoms with Gasteiger partial charge in [-0.15, -0.1) is 0 Å². The molecule has 0 saturated carbocycles. The lowest BCUT2D eigenvalue weighted by atomic mass is 10.4. The molecule has 0 saturated heterocycles. The Labute approximate surface area is 63.8 Å². The minimum absolute atomic E-state index is 0.365. The van der Waals surface area contributed by atoms with Gasteiger partial charge in [0.25, 0.3) is 0 Å². The highest BCUT2D eigenvalue weighted by Gasteiger charge is 2.10. The summed E-state index contributed by atoms with van der Waals surface area (Å²) >= 11 is 0. The molecule has 0 amide bonds. The van der Waals surface area contributed by atoms with Crippen molar-refractivity contribution in [2.75, 3.05) is 13.2 Å². The molecule has 5 nitrogen and oxygen atoms in total. The maximum Gasteiger partial charge on any atom is 0.320 e. The summed E-state index contributed by atoms with van der Waals surface area (Å²) in [7, 11) is 0. The predicted molar refractivity (Wildman–Crippen MR) is 34.3 cm³/mol. The molecule has 5 heteroatoms. The summed E-state index contributed by atoms with van der Waals surface area (Å²) in [5, 5.41) is 24.9. The molecule has 0 rings (SSSR count). The largest absolute Gasteiger partial charge is 0.457 e. The van der Waals surface area contributed by atoms with Gasteiger partial charge in [-0.1, -0.05) is 0 Å². The van der Waals surface area contributed by atoms with Crippen LogP contribution in [0.2, 0.25) is 0 Å². The van der Waals surface area contributed by atoms with Gasteiger partial charge in [0.15, 0.2) is 0 Å². The lowest BCUT2D eigenvalue weighted by molar-refractivity contribution is -0.152. The van der Waals surface area contributed by atoms with E-state index in [9.17, 15) is 4.79 Å². The average Bonchev–Trinajstić information content (AvgIpc) is 2.01. The topological polar surface area (TPSA) is 90.6 Å². The van der Waals surface area contributed by atoms with Gasteiger partial charge in [-0.2, -0.15) is 5.26 Å². The standard InChI is InChI=1S/C6H9NO4/c7-2-1-6(10)11-5(3-8)4-9/h5,8-9H,1,3-4H2. The fourth-order valence-electron chi connectivity index (χ4n) is 0.424. The SMILES string of the molecule is N#CCC(=O)OC(CO)CO. The molecule has 0 heterocycles. The van der Waals surface area contributed by atoms with Crippen LogP contribution in [0, 0.1) is 11.3 Å². The molecule has 0 bridgehead atoms. The van der Waals surface area contributed by atoms with E-state index in [1.807, 2.05) is 0 Å². The van der Waals surface area contributed by atoms with Crippen LogP contribution in [0.1, 0.15) is 6.42 Å². The van der Waals surface area contributed by atoms with Gasteiger partial charge in [0.05, 0.1) is 19.3 Å². The molecule has 0 spiro atoms. The van der Waals surface area contributed by atoms with Crippen molar-refractivity contribution >= 4 is 5.97 Å². The van der Waals surface area contributed by atoms with Crippen molar-refractivity contribution in [3.05, 3.63) is 0 Å². The van der Waals surface area contributed by atoms with E-state index in [2.05, 4.69) is 4.74 Å². The van der Waals surface area contributed by atoms with Gasteiger partial charge in [0.1, 0.15) is 12.5 Å². The summed E-state index contributed by atoms with van der Waals surface area (Å²) in [4.78, 5) is 10.5. The number of esters is 1. The first-order valence-corrected chi connectivity index (χ1v) is 3.02. The first-order valence-electron chi connectivity index (χ1n) is 3.02. The minimum Gasteiger partial charge on any atom is -0.457 e. The molecule has 0 aromatic heterocycles. The van der Waals surface area contributed by atoms with E-state index >= 15 is 0 Å². The lowest BCUT2D eigenvalue weighted by Crippen LogP contribution is -2.25. The van der Waals surface area contributed by atoms with Gasteiger partial charge < -0.3 is 14.9 Å². The third kappa shape index (κ3) is 4.31. The number of rotatable bonds is 4. The molecule has 0 radical (unpaired) electrons. The number of nitrogens with zero attached hydrogens (tertiary/aromatic N) is 1. The van der Waals surface area contributed by atoms with E-state index in [0.29, 0.717) is 0 Å². The van der Waals surface area contributed by atoms with Crippen molar-refractivity contribution in [1.29, 1.82) is 5.26 Å². The fourth-order valence-corrected chi connectivity index (χ4v) is 0.424. The van der Waals surface area contributed by atoms with E-state index in [-0.39, 0.29) is 6.42 Å². The zero-order chi connectivity index (χ0) is 8.69.